The van der Waals surface area contributed by atoms with Crippen LogP contribution in [0.2, 0.25) is 15.1 Å². The third-order valence-corrected chi connectivity index (χ3v) is 9.02. The summed E-state index contributed by atoms with van der Waals surface area (Å²) >= 11 is 19.2. The van der Waals surface area contributed by atoms with Crippen molar-refractivity contribution in [2.24, 2.45) is 0 Å². The molecule has 45 heavy (non-hydrogen) atoms. The van der Waals surface area contributed by atoms with Crippen molar-refractivity contribution < 1.29 is 24.1 Å². The van der Waals surface area contributed by atoms with Gasteiger partial charge in [-0.25, -0.2) is 0 Å². The Morgan fingerprint density at radius 3 is 2.33 bits per heavy atom. The summed E-state index contributed by atoms with van der Waals surface area (Å²) in [5.41, 5.74) is 5.45. The molecule has 1 unspecified atom stereocenters. The minimum absolute atomic E-state index is 0.0667. The van der Waals surface area contributed by atoms with Crippen molar-refractivity contribution in [2.75, 3.05) is 40.1 Å². The molecular weight excluding hydrogens is 635 g/mol. The van der Waals surface area contributed by atoms with Crippen LogP contribution in [0.25, 0.3) is 5.57 Å². The van der Waals surface area contributed by atoms with E-state index in [1.807, 2.05) is 48.2 Å². The molecule has 0 spiro atoms. The summed E-state index contributed by atoms with van der Waals surface area (Å²) < 4.78 is 16.9. The highest BCUT2D eigenvalue weighted by atomic mass is 35.5. The molecule has 2 aliphatic rings. The molecule has 7 nitrogen and oxygen atoms in total. The van der Waals surface area contributed by atoms with Crippen LogP contribution in [-0.2, 0) is 22.5 Å². The molecule has 1 amide bonds. The number of aryl methyl sites for hydroxylation is 1. The SMILES string of the molecule is COCCc1ccc(Cl)c(CN(C(=O)C2=C(c3ccc(OCCOc4c(Cl)cc(C)cc4Cl)cc3)CCNC2CO)C2CC2)c1. The summed E-state index contributed by atoms with van der Waals surface area (Å²) in [7, 11) is 1.68. The minimum atomic E-state index is -0.459. The lowest BCUT2D eigenvalue weighted by Gasteiger charge is -2.33. The highest BCUT2D eigenvalue weighted by Gasteiger charge is 2.38. The van der Waals surface area contributed by atoms with Gasteiger partial charge in [0.05, 0.1) is 29.3 Å². The first-order valence-corrected chi connectivity index (χ1v) is 16.4. The number of hydrogen-bond acceptors (Lipinski definition) is 6. The van der Waals surface area contributed by atoms with Gasteiger partial charge in [-0.3, -0.25) is 4.79 Å². The Labute approximate surface area is 280 Å². The van der Waals surface area contributed by atoms with Crippen LogP contribution < -0.4 is 14.8 Å². The standard InChI is InChI=1S/C35H39Cl3N2O5/c1-22-17-30(37)34(31(38)18-22)45-16-15-44-27-8-4-24(5-9-27)28-11-13-39-32(21-41)33(28)35(42)40(26-6-7-26)20-25-19-23(12-14-43-2)3-10-29(25)36/h3-5,8-10,17-19,26,32,39,41H,6-7,11-16,20-21H2,1-2H3. The number of carbonyl (C=O) groups excluding carboxylic acids is 1. The number of aliphatic hydroxyl groups is 1. The van der Waals surface area contributed by atoms with E-state index < -0.39 is 6.04 Å². The largest absolute Gasteiger partial charge is 0.490 e. The van der Waals surface area contributed by atoms with Crippen molar-refractivity contribution in [3.05, 3.63) is 97.5 Å². The summed E-state index contributed by atoms with van der Waals surface area (Å²) in [5, 5.41) is 15.2. The summed E-state index contributed by atoms with van der Waals surface area (Å²) in [6.45, 7) is 4.00. The van der Waals surface area contributed by atoms with Gasteiger partial charge in [0.1, 0.15) is 19.0 Å². The monoisotopic (exact) mass is 672 g/mol. The van der Waals surface area contributed by atoms with E-state index in [9.17, 15) is 9.90 Å². The number of rotatable bonds is 14. The van der Waals surface area contributed by atoms with Crippen LogP contribution in [0.15, 0.2) is 60.2 Å². The van der Waals surface area contributed by atoms with Gasteiger partial charge in [-0.1, -0.05) is 59.1 Å². The van der Waals surface area contributed by atoms with E-state index in [-0.39, 0.29) is 25.2 Å². The van der Waals surface area contributed by atoms with Crippen LogP contribution in [0.5, 0.6) is 11.5 Å². The quantitative estimate of drug-likeness (QED) is 0.181. The first-order valence-electron chi connectivity index (χ1n) is 15.2. The van der Waals surface area contributed by atoms with E-state index in [1.54, 1.807) is 19.2 Å². The number of amides is 1. The second kappa shape index (κ2) is 15.7. The Hall–Kier alpha value is -2.78. The van der Waals surface area contributed by atoms with Crippen molar-refractivity contribution in [2.45, 2.75) is 51.2 Å². The van der Waals surface area contributed by atoms with Crippen LogP contribution in [0.3, 0.4) is 0 Å². The van der Waals surface area contributed by atoms with Crippen LogP contribution in [0, 0.1) is 6.92 Å². The first kappa shape index (κ1) is 33.6. The molecule has 1 aliphatic carbocycles. The summed E-state index contributed by atoms with van der Waals surface area (Å²) in [6.07, 6.45) is 3.33. The average Bonchev–Trinajstić information content (AvgIpc) is 3.88. The number of benzene rings is 3. The lowest BCUT2D eigenvalue weighted by atomic mass is 9.88. The average molecular weight is 674 g/mol. The molecule has 3 aromatic carbocycles. The van der Waals surface area contributed by atoms with Crippen molar-refractivity contribution in [1.29, 1.82) is 0 Å². The van der Waals surface area contributed by atoms with Crippen molar-refractivity contribution in [3.8, 4) is 11.5 Å². The Kier molecular flexibility index (Phi) is 11.7. The highest BCUT2D eigenvalue weighted by molar-refractivity contribution is 6.37. The molecule has 1 fully saturated rings. The number of nitrogens with zero attached hydrogens (tertiary/aromatic N) is 1. The molecule has 0 bridgehead atoms. The van der Waals surface area contributed by atoms with Crippen molar-refractivity contribution in [3.63, 3.8) is 0 Å². The summed E-state index contributed by atoms with van der Waals surface area (Å²) in [6, 6.07) is 16.9. The first-order chi connectivity index (χ1) is 21.8. The highest BCUT2D eigenvalue weighted by Crippen LogP contribution is 2.36. The topological polar surface area (TPSA) is 80.3 Å². The molecule has 0 saturated heterocycles. The zero-order chi connectivity index (χ0) is 31.9. The van der Waals surface area contributed by atoms with Gasteiger partial charge in [-0.2, -0.15) is 0 Å². The Morgan fingerprint density at radius 1 is 0.956 bits per heavy atom. The maximum Gasteiger partial charge on any atom is 0.252 e. The van der Waals surface area contributed by atoms with E-state index in [2.05, 4.69) is 11.4 Å². The minimum Gasteiger partial charge on any atom is -0.490 e. The Morgan fingerprint density at radius 2 is 1.67 bits per heavy atom. The molecule has 2 N–H and O–H groups in total. The zero-order valence-electron chi connectivity index (χ0n) is 25.6. The number of halogens is 3. The predicted octanol–water partition coefficient (Wildman–Crippen LogP) is 6.90. The van der Waals surface area contributed by atoms with Crippen LogP contribution in [0.4, 0.5) is 0 Å². The predicted molar refractivity (Wildman–Crippen MR) is 180 cm³/mol. The number of aliphatic hydroxyl groups excluding tert-OH is 1. The number of carbonyl (C=O) groups is 1. The molecular formula is C35H39Cl3N2O5. The molecule has 1 heterocycles. The molecule has 5 rings (SSSR count). The van der Waals surface area contributed by atoms with Crippen LogP contribution >= 0.6 is 34.8 Å². The van der Waals surface area contributed by atoms with Crippen LogP contribution in [0.1, 0.15) is 41.5 Å². The zero-order valence-corrected chi connectivity index (χ0v) is 27.9. The smallest absolute Gasteiger partial charge is 0.252 e. The van der Waals surface area contributed by atoms with E-state index in [0.29, 0.717) is 64.9 Å². The van der Waals surface area contributed by atoms with Crippen LogP contribution in [-0.4, -0.2) is 68.1 Å². The molecule has 1 atom stereocenters. The van der Waals surface area contributed by atoms with Gasteiger partial charge in [0.15, 0.2) is 5.75 Å². The van der Waals surface area contributed by atoms with Gasteiger partial charge in [0.25, 0.3) is 5.91 Å². The van der Waals surface area contributed by atoms with E-state index in [0.717, 1.165) is 47.1 Å². The third kappa shape index (κ3) is 8.53. The van der Waals surface area contributed by atoms with E-state index in [4.69, 9.17) is 49.0 Å². The number of hydrogen-bond donors (Lipinski definition) is 2. The third-order valence-electron chi connectivity index (χ3n) is 8.09. The molecule has 1 aliphatic heterocycles. The lowest BCUT2D eigenvalue weighted by molar-refractivity contribution is -0.128. The lowest BCUT2D eigenvalue weighted by Crippen LogP contribution is -2.46. The second-order valence-electron chi connectivity index (χ2n) is 11.4. The maximum absolute atomic E-state index is 14.3. The van der Waals surface area contributed by atoms with Crippen molar-refractivity contribution >= 4 is 46.3 Å². The molecule has 240 valence electrons. The normalized spacial score (nSPS) is 16.5. The molecule has 0 radical (unpaired) electrons. The molecule has 3 aromatic rings. The van der Waals surface area contributed by atoms with Gasteiger partial charge >= 0.3 is 0 Å². The fraction of sp³-hybridized carbons (Fsp3) is 0.400. The van der Waals surface area contributed by atoms with Crippen molar-refractivity contribution in [1.82, 2.24) is 10.2 Å². The molecule has 10 heteroatoms. The van der Waals surface area contributed by atoms with E-state index >= 15 is 0 Å². The van der Waals surface area contributed by atoms with Gasteiger partial charge in [-0.05, 0) is 97.3 Å². The number of methoxy groups -OCH3 is 1. The number of ether oxygens (including phenoxy) is 3. The fourth-order valence-corrected chi connectivity index (χ4v) is 6.53. The van der Waals surface area contributed by atoms with E-state index in [1.165, 1.54) is 0 Å². The van der Waals surface area contributed by atoms with Gasteiger partial charge in [0.2, 0.25) is 0 Å². The Bertz CT molecular complexity index is 1500. The summed E-state index contributed by atoms with van der Waals surface area (Å²) in [4.78, 5) is 16.3. The Balaban J connectivity index is 1.31. The molecule has 1 saturated carbocycles. The summed E-state index contributed by atoms with van der Waals surface area (Å²) in [5.74, 6) is 1.05. The van der Waals surface area contributed by atoms with Gasteiger partial charge in [-0.15, -0.1) is 0 Å². The number of nitrogens with one attached hydrogen (secondary N) is 1. The fourth-order valence-electron chi connectivity index (χ4n) is 5.65. The van der Waals surface area contributed by atoms with Gasteiger partial charge < -0.3 is 29.5 Å². The maximum atomic E-state index is 14.3. The second-order valence-corrected chi connectivity index (χ2v) is 12.7. The molecule has 0 aromatic heterocycles. The van der Waals surface area contributed by atoms with Gasteiger partial charge in [0, 0.05) is 30.3 Å².